The Hall–Kier alpha value is -1.65. The van der Waals surface area contributed by atoms with Gasteiger partial charge in [-0.25, -0.2) is 4.98 Å². The summed E-state index contributed by atoms with van der Waals surface area (Å²) in [6, 6.07) is 0. The Morgan fingerprint density at radius 1 is 1.43 bits per heavy atom. The summed E-state index contributed by atoms with van der Waals surface area (Å²) in [6.07, 6.45) is 4.68. The molecule has 0 radical (unpaired) electrons. The molecule has 5 heteroatoms. The number of anilines is 1. The Morgan fingerprint density at radius 2 is 2.29 bits per heavy atom. The average molecular weight is 191 g/mol. The number of hydrogen-bond acceptors (Lipinski definition) is 4. The molecule has 0 aliphatic heterocycles. The third-order valence-corrected chi connectivity index (χ3v) is 2.04. The molecule has 0 atom stereocenters. The van der Waals surface area contributed by atoms with Crippen molar-refractivity contribution >= 4 is 11.5 Å². The fourth-order valence-corrected chi connectivity index (χ4v) is 1.31. The van der Waals surface area contributed by atoms with E-state index in [9.17, 15) is 0 Å². The minimum absolute atomic E-state index is 0.790. The maximum absolute atomic E-state index is 4.22. The highest BCUT2D eigenvalue weighted by Gasteiger charge is 2.05. The number of nitrogens with zero attached hydrogens (tertiary/aromatic N) is 4. The molecule has 0 aromatic carbocycles. The predicted octanol–water partition coefficient (Wildman–Crippen LogP) is 1.25. The topological polar surface area (TPSA) is 55.1 Å². The van der Waals surface area contributed by atoms with Gasteiger partial charge in [0.05, 0.1) is 0 Å². The van der Waals surface area contributed by atoms with Gasteiger partial charge in [0, 0.05) is 18.9 Å². The highest BCUT2D eigenvalue weighted by molar-refractivity contribution is 5.61. The average Bonchev–Trinajstić information content (AvgIpc) is 2.58. The van der Waals surface area contributed by atoms with Crippen LogP contribution in [0.25, 0.3) is 5.65 Å². The van der Waals surface area contributed by atoms with Gasteiger partial charge in [0.15, 0.2) is 5.82 Å². The van der Waals surface area contributed by atoms with Crippen molar-refractivity contribution in [2.24, 2.45) is 0 Å². The van der Waals surface area contributed by atoms with Gasteiger partial charge in [-0.15, -0.1) is 10.2 Å². The Bertz CT molecular complexity index is 434. The van der Waals surface area contributed by atoms with E-state index in [2.05, 4.69) is 27.4 Å². The second kappa shape index (κ2) is 3.61. The monoisotopic (exact) mass is 191 g/mol. The summed E-state index contributed by atoms with van der Waals surface area (Å²) in [6.45, 7) is 4.93. The van der Waals surface area contributed by atoms with Crippen molar-refractivity contribution in [3.05, 3.63) is 18.2 Å². The van der Waals surface area contributed by atoms with Crippen LogP contribution < -0.4 is 5.32 Å². The Balaban J connectivity index is 2.44. The molecular weight excluding hydrogens is 178 g/mol. The summed E-state index contributed by atoms with van der Waals surface area (Å²) < 4.78 is 1.92. The molecule has 74 valence electrons. The van der Waals surface area contributed by atoms with Crippen LogP contribution >= 0.6 is 0 Å². The first-order valence-corrected chi connectivity index (χ1v) is 4.73. The van der Waals surface area contributed by atoms with E-state index in [1.54, 1.807) is 6.20 Å². The highest BCUT2D eigenvalue weighted by atomic mass is 15.3. The van der Waals surface area contributed by atoms with E-state index >= 15 is 0 Å². The van der Waals surface area contributed by atoms with Gasteiger partial charge in [-0.3, -0.25) is 4.40 Å². The smallest absolute Gasteiger partial charge is 0.203 e. The number of nitrogens with one attached hydrogen (secondary N) is 1. The number of fused-ring (bicyclic) bond motifs is 1. The van der Waals surface area contributed by atoms with Gasteiger partial charge < -0.3 is 5.32 Å². The van der Waals surface area contributed by atoms with Crippen molar-refractivity contribution < 1.29 is 0 Å². The number of hydrogen-bond donors (Lipinski definition) is 1. The van der Waals surface area contributed by atoms with Gasteiger partial charge in [0.25, 0.3) is 0 Å². The molecule has 0 spiro atoms. The van der Waals surface area contributed by atoms with E-state index in [4.69, 9.17) is 0 Å². The van der Waals surface area contributed by atoms with E-state index in [0.717, 1.165) is 30.3 Å². The Kier molecular flexibility index (Phi) is 2.30. The van der Waals surface area contributed by atoms with Crippen LogP contribution in [0.3, 0.4) is 0 Å². The zero-order valence-corrected chi connectivity index (χ0v) is 8.36. The second-order valence-electron chi connectivity index (χ2n) is 3.14. The number of aryl methyl sites for hydroxylation is 1. The predicted molar refractivity (Wildman–Crippen MR) is 54.3 cm³/mol. The molecule has 0 fully saturated rings. The zero-order chi connectivity index (χ0) is 9.97. The number of aromatic nitrogens is 4. The van der Waals surface area contributed by atoms with Crippen molar-refractivity contribution in [1.82, 2.24) is 19.6 Å². The summed E-state index contributed by atoms with van der Waals surface area (Å²) >= 11 is 0. The molecule has 0 aliphatic rings. The second-order valence-corrected chi connectivity index (χ2v) is 3.14. The first-order valence-electron chi connectivity index (χ1n) is 4.73. The molecule has 1 N–H and O–H groups in total. The van der Waals surface area contributed by atoms with Crippen LogP contribution in [0.1, 0.15) is 19.2 Å². The molecule has 2 rings (SSSR count). The lowest BCUT2D eigenvalue weighted by Crippen LogP contribution is -2.04. The molecule has 2 aromatic heterocycles. The molecule has 0 saturated carbocycles. The highest BCUT2D eigenvalue weighted by Crippen LogP contribution is 2.11. The minimum Gasteiger partial charge on any atom is -0.367 e. The molecular formula is C9H13N5. The molecule has 0 unspecified atom stereocenters. The van der Waals surface area contributed by atoms with E-state index < -0.39 is 0 Å². The van der Waals surface area contributed by atoms with Crippen LogP contribution in [0.5, 0.6) is 0 Å². The van der Waals surface area contributed by atoms with E-state index in [1.165, 1.54) is 0 Å². The van der Waals surface area contributed by atoms with Crippen molar-refractivity contribution in [3.8, 4) is 0 Å². The van der Waals surface area contributed by atoms with Crippen molar-refractivity contribution in [1.29, 1.82) is 0 Å². The van der Waals surface area contributed by atoms with Crippen LogP contribution in [0.15, 0.2) is 12.4 Å². The Labute approximate surface area is 82.2 Å². The summed E-state index contributed by atoms with van der Waals surface area (Å²) in [4.78, 5) is 4.22. The molecule has 2 aromatic rings. The molecule has 5 nitrogen and oxygen atoms in total. The molecule has 0 amide bonds. The first kappa shape index (κ1) is 8.93. The van der Waals surface area contributed by atoms with Crippen LogP contribution in [0.4, 0.5) is 5.82 Å². The SMILES string of the molecule is CCCNc1nccn2c(C)nnc12. The minimum atomic E-state index is 0.790. The van der Waals surface area contributed by atoms with Gasteiger partial charge in [0.1, 0.15) is 5.82 Å². The molecule has 14 heavy (non-hydrogen) atoms. The van der Waals surface area contributed by atoms with Crippen molar-refractivity contribution in [2.45, 2.75) is 20.3 Å². The molecule has 0 aliphatic carbocycles. The van der Waals surface area contributed by atoms with E-state index in [0.29, 0.717) is 0 Å². The van der Waals surface area contributed by atoms with Gasteiger partial charge in [-0.2, -0.15) is 0 Å². The molecule has 0 bridgehead atoms. The lowest BCUT2D eigenvalue weighted by Gasteiger charge is -2.03. The largest absolute Gasteiger partial charge is 0.367 e. The summed E-state index contributed by atoms with van der Waals surface area (Å²) in [5, 5.41) is 11.3. The van der Waals surface area contributed by atoms with Gasteiger partial charge >= 0.3 is 0 Å². The third-order valence-electron chi connectivity index (χ3n) is 2.04. The zero-order valence-electron chi connectivity index (χ0n) is 8.36. The van der Waals surface area contributed by atoms with E-state index in [-0.39, 0.29) is 0 Å². The number of rotatable bonds is 3. The Morgan fingerprint density at radius 3 is 3.07 bits per heavy atom. The van der Waals surface area contributed by atoms with Gasteiger partial charge in [-0.1, -0.05) is 6.92 Å². The maximum Gasteiger partial charge on any atom is 0.203 e. The van der Waals surface area contributed by atoms with Gasteiger partial charge in [-0.05, 0) is 13.3 Å². The molecule has 0 saturated heterocycles. The first-order chi connectivity index (χ1) is 6.83. The van der Waals surface area contributed by atoms with Crippen LogP contribution in [0.2, 0.25) is 0 Å². The standard InChI is InChI=1S/C9H13N5/c1-3-4-10-8-9-13-12-7(2)14(9)6-5-11-8/h5-6H,3-4H2,1-2H3,(H,10,11). The normalized spacial score (nSPS) is 10.7. The summed E-state index contributed by atoms with van der Waals surface area (Å²) in [5.41, 5.74) is 0.790. The van der Waals surface area contributed by atoms with Crippen LogP contribution in [0, 0.1) is 6.92 Å². The van der Waals surface area contributed by atoms with Crippen molar-refractivity contribution in [2.75, 3.05) is 11.9 Å². The third kappa shape index (κ3) is 1.41. The van der Waals surface area contributed by atoms with Gasteiger partial charge in [0.2, 0.25) is 5.65 Å². The van der Waals surface area contributed by atoms with Crippen LogP contribution in [-0.2, 0) is 0 Å². The summed E-state index contributed by atoms with van der Waals surface area (Å²) in [7, 11) is 0. The van der Waals surface area contributed by atoms with E-state index in [1.807, 2.05) is 17.5 Å². The fraction of sp³-hybridized carbons (Fsp3) is 0.444. The molecule has 2 heterocycles. The fourth-order valence-electron chi connectivity index (χ4n) is 1.31. The van der Waals surface area contributed by atoms with Crippen molar-refractivity contribution in [3.63, 3.8) is 0 Å². The maximum atomic E-state index is 4.22. The quantitative estimate of drug-likeness (QED) is 0.793. The lowest BCUT2D eigenvalue weighted by molar-refractivity contribution is 0.961. The lowest BCUT2D eigenvalue weighted by atomic mass is 10.4. The summed E-state index contributed by atoms with van der Waals surface area (Å²) in [5.74, 6) is 1.68. The van der Waals surface area contributed by atoms with Crippen LogP contribution in [-0.4, -0.2) is 26.1 Å².